The normalized spacial score (nSPS) is 24.9. The lowest BCUT2D eigenvalue weighted by atomic mass is 10.1. The van der Waals surface area contributed by atoms with Gasteiger partial charge >= 0.3 is 0 Å². The van der Waals surface area contributed by atoms with Gasteiger partial charge in [-0.2, -0.15) is 0 Å². The van der Waals surface area contributed by atoms with Gasteiger partial charge in [-0.15, -0.1) is 0 Å². The molecule has 2 heterocycles. The van der Waals surface area contributed by atoms with Gasteiger partial charge in [0, 0.05) is 31.7 Å². The monoisotopic (exact) mass is 366 g/mol. The van der Waals surface area contributed by atoms with Gasteiger partial charge < -0.3 is 5.32 Å². The molecule has 0 unspecified atom stereocenters. The van der Waals surface area contributed by atoms with Gasteiger partial charge in [-0.25, -0.2) is 13.6 Å². The molecule has 3 N–H and O–H groups in total. The summed E-state index contributed by atoms with van der Waals surface area (Å²) in [6, 6.07) is 7.22. The molecule has 2 aliphatic heterocycles. The Morgan fingerprint density at radius 2 is 2.00 bits per heavy atom. The molecule has 0 radical (unpaired) electrons. The Morgan fingerprint density at radius 1 is 1.28 bits per heavy atom. The Balaban J connectivity index is 1.49. The van der Waals surface area contributed by atoms with Crippen molar-refractivity contribution in [1.29, 1.82) is 0 Å². The fraction of sp³-hybridized carbons (Fsp3) is 0.588. The van der Waals surface area contributed by atoms with Crippen LogP contribution in [0.25, 0.3) is 0 Å². The molecule has 3 rings (SSSR count). The van der Waals surface area contributed by atoms with Crippen molar-refractivity contribution >= 4 is 15.9 Å². The van der Waals surface area contributed by atoms with Gasteiger partial charge in [0.1, 0.15) is 0 Å². The van der Waals surface area contributed by atoms with E-state index in [4.69, 9.17) is 5.14 Å². The topological polar surface area (TPSA) is 95.7 Å². The van der Waals surface area contributed by atoms with Crippen LogP contribution in [0.5, 0.6) is 0 Å². The molecule has 2 aliphatic rings. The number of amides is 1. The largest absolute Gasteiger partial charge is 0.351 e. The minimum absolute atomic E-state index is 0.00572. The molecule has 2 atom stereocenters. The quantitative estimate of drug-likeness (QED) is 0.772. The second-order valence-electron chi connectivity index (χ2n) is 7.04. The number of hydrogen-bond acceptors (Lipinski definition) is 5. The molecule has 138 valence electrons. The molecule has 8 heteroatoms. The number of fused-ring (bicyclic) bond motifs is 1. The van der Waals surface area contributed by atoms with Crippen LogP contribution in [0.1, 0.15) is 25.3 Å². The van der Waals surface area contributed by atoms with Crippen molar-refractivity contribution in [1.82, 2.24) is 15.1 Å². The molecule has 0 spiro atoms. The number of piperazine rings is 1. The summed E-state index contributed by atoms with van der Waals surface area (Å²) < 4.78 is 22.5. The van der Waals surface area contributed by atoms with Crippen molar-refractivity contribution in [3.8, 4) is 0 Å². The highest BCUT2D eigenvalue weighted by Crippen LogP contribution is 2.24. The maximum Gasteiger partial charge on any atom is 0.238 e. The number of sulfonamides is 1. The first-order valence-electron chi connectivity index (χ1n) is 8.69. The average Bonchev–Trinajstić information content (AvgIpc) is 3.00. The number of benzene rings is 1. The molecule has 1 aromatic carbocycles. The molecule has 0 aromatic heterocycles. The highest BCUT2D eigenvalue weighted by atomic mass is 32.2. The van der Waals surface area contributed by atoms with Crippen LogP contribution in [0, 0.1) is 0 Å². The average molecular weight is 366 g/mol. The van der Waals surface area contributed by atoms with E-state index in [1.165, 1.54) is 31.5 Å². The van der Waals surface area contributed by atoms with Crippen LogP contribution in [-0.4, -0.2) is 62.4 Å². The lowest BCUT2D eigenvalue weighted by molar-refractivity contribution is -0.123. The van der Waals surface area contributed by atoms with Gasteiger partial charge in [0.05, 0.1) is 11.4 Å². The molecule has 1 aromatic rings. The van der Waals surface area contributed by atoms with E-state index in [2.05, 4.69) is 22.0 Å². The first-order valence-corrected chi connectivity index (χ1v) is 10.2. The number of carbonyl (C=O) groups excluding carboxylic acids is 1. The third kappa shape index (κ3) is 4.58. The first-order chi connectivity index (χ1) is 11.8. The van der Waals surface area contributed by atoms with E-state index >= 15 is 0 Å². The number of nitrogens with two attached hydrogens (primary N) is 1. The lowest BCUT2D eigenvalue weighted by Gasteiger charge is -2.41. The maximum absolute atomic E-state index is 12.3. The molecule has 2 saturated heterocycles. The molecule has 7 nitrogen and oxygen atoms in total. The van der Waals surface area contributed by atoms with Crippen molar-refractivity contribution in [2.24, 2.45) is 5.14 Å². The Bertz CT molecular complexity index is 720. The predicted octanol–water partition coefficient (Wildman–Crippen LogP) is 0.119. The Hall–Kier alpha value is -1.48. The van der Waals surface area contributed by atoms with Crippen LogP contribution in [0.3, 0.4) is 0 Å². The third-order valence-electron chi connectivity index (χ3n) is 5.15. The SMILES string of the molecule is C[C@H]1CN2CCC[C@H]2CN1CC(=O)NCc1ccc(S(N)(=O)=O)cc1. The fourth-order valence-electron chi connectivity index (χ4n) is 3.71. The van der Waals surface area contributed by atoms with Crippen molar-refractivity contribution in [2.45, 2.75) is 43.3 Å². The number of carbonyl (C=O) groups is 1. The minimum atomic E-state index is -3.68. The number of hydrogen-bond donors (Lipinski definition) is 2. The van der Waals surface area contributed by atoms with Crippen LogP contribution in [0.4, 0.5) is 0 Å². The van der Waals surface area contributed by atoms with Gasteiger partial charge in [0.15, 0.2) is 0 Å². The fourth-order valence-corrected chi connectivity index (χ4v) is 4.22. The van der Waals surface area contributed by atoms with Crippen LogP contribution in [0.2, 0.25) is 0 Å². The number of nitrogens with one attached hydrogen (secondary N) is 1. The van der Waals surface area contributed by atoms with E-state index in [0.717, 1.165) is 18.7 Å². The predicted molar refractivity (Wildman–Crippen MR) is 95.3 cm³/mol. The highest BCUT2D eigenvalue weighted by Gasteiger charge is 2.34. The zero-order valence-electron chi connectivity index (χ0n) is 14.5. The Morgan fingerprint density at radius 3 is 2.68 bits per heavy atom. The summed E-state index contributed by atoms with van der Waals surface area (Å²) in [6.07, 6.45) is 2.48. The lowest BCUT2D eigenvalue weighted by Crippen LogP contribution is -2.56. The summed E-state index contributed by atoms with van der Waals surface area (Å²) in [4.78, 5) is 17.1. The molecule has 0 aliphatic carbocycles. The molecule has 0 bridgehead atoms. The van der Waals surface area contributed by atoms with E-state index in [0.29, 0.717) is 25.2 Å². The standard InChI is InChI=1S/C17H26N4O3S/c1-13-10-20-8-2-3-15(20)11-21(13)12-17(22)19-9-14-4-6-16(7-5-14)25(18,23)24/h4-7,13,15H,2-3,8-12H2,1H3,(H,19,22)(H2,18,23,24)/t13-,15-/m0/s1. The zero-order valence-corrected chi connectivity index (χ0v) is 15.3. The Kier molecular flexibility index (Phi) is 5.43. The zero-order chi connectivity index (χ0) is 18.0. The van der Waals surface area contributed by atoms with Crippen LogP contribution in [0.15, 0.2) is 29.2 Å². The van der Waals surface area contributed by atoms with E-state index in [9.17, 15) is 13.2 Å². The summed E-state index contributed by atoms with van der Waals surface area (Å²) in [7, 11) is -3.68. The van der Waals surface area contributed by atoms with Gasteiger partial charge in [-0.3, -0.25) is 14.6 Å². The summed E-state index contributed by atoms with van der Waals surface area (Å²) in [5.41, 5.74) is 0.842. The molecule has 0 saturated carbocycles. The van der Waals surface area contributed by atoms with E-state index < -0.39 is 10.0 Å². The Labute approximate surface area is 149 Å². The number of rotatable bonds is 5. The van der Waals surface area contributed by atoms with Gasteiger partial charge in [0.2, 0.25) is 15.9 Å². The summed E-state index contributed by atoms with van der Waals surface area (Å²) in [6.45, 7) is 6.13. The van der Waals surface area contributed by atoms with E-state index in [-0.39, 0.29) is 10.8 Å². The van der Waals surface area contributed by atoms with Gasteiger partial charge in [0.25, 0.3) is 0 Å². The number of primary sulfonamides is 1. The van der Waals surface area contributed by atoms with Crippen molar-refractivity contribution < 1.29 is 13.2 Å². The minimum Gasteiger partial charge on any atom is -0.351 e. The van der Waals surface area contributed by atoms with Crippen LogP contribution < -0.4 is 10.5 Å². The van der Waals surface area contributed by atoms with E-state index in [1.807, 2.05) is 0 Å². The molecule has 1 amide bonds. The summed E-state index contributed by atoms with van der Waals surface area (Å²) in [5, 5.41) is 7.99. The van der Waals surface area contributed by atoms with Crippen LogP contribution in [-0.2, 0) is 21.4 Å². The molecule has 25 heavy (non-hydrogen) atoms. The molecule has 2 fully saturated rings. The molecular formula is C17H26N4O3S. The van der Waals surface area contributed by atoms with Crippen molar-refractivity contribution in [2.75, 3.05) is 26.2 Å². The number of nitrogens with zero attached hydrogens (tertiary/aromatic N) is 2. The van der Waals surface area contributed by atoms with Gasteiger partial charge in [-0.05, 0) is 44.0 Å². The second-order valence-corrected chi connectivity index (χ2v) is 8.60. The van der Waals surface area contributed by atoms with Crippen LogP contribution >= 0.6 is 0 Å². The first kappa shape index (κ1) is 18.3. The maximum atomic E-state index is 12.3. The smallest absolute Gasteiger partial charge is 0.238 e. The molecular weight excluding hydrogens is 340 g/mol. The van der Waals surface area contributed by atoms with Gasteiger partial charge in [-0.1, -0.05) is 12.1 Å². The highest BCUT2D eigenvalue weighted by molar-refractivity contribution is 7.89. The van der Waals surface area contributed by atoms with E-state index in [1.54, 1.807) is 12.1 Å². The summed E-state index contributed by atoms with van der Waals surface area (Å²) >= 11 is 0. The summed E-state index contributed by atoms with van der Waals surface area (Å²) in [5.74, 6) is -0.00572. The van der Waals surface area contributed by atoms with Crippen molar-refractivity contribution in [3.05, 3.63) is 29.8 Å². The van der Waals surface area contributed by atoms with Crippen molar-refractivity contribution in [3.63, 3.8) is 0 Å². The second kappa shape index (κ2) is 7.41. The third-order valence-corrected chi connectivity index (χ3v) is 6.08.